The fourth-order valence-corrected chi connectivity index (χ4v) is 1.07. The highest BCUT2D eigenvalue weighted by Crippen LogP contribution is 2.08. The normalized spacial score (nSPS) is 9.58. The molecule has 1 aromatic heterocycles. The number of aryl methyl sites for hydroxylation is 1. The van der Waals surface area contributed by atoms with E-state index in [1.807, 2.05) is 23.8 Å². The third-order valence-corrected chi connectivity index (χ3v) is 1.61. The summed E-state index contributed by atoms with van der Waals surface area (Å²) in [5, 5.41) is 0. The van der Waals surface area contributed by atoms with Crippen LogP contribution in [0.1, 0.15) is 25.4 Å². The highest BCUT2D eigenvalue weighted by molar-refractivity contribution is 5.48. The van der Waals surface area contributed by atoms with Gasteiger partial charge in [0.25, 0.3) is 0 Å². The monoisotopic (exact) mass is 162 g/mol. The third-order valence-electron chi connectivity index (χ3n) is 1.61. The van der Waals surface area contributed by atoms with Crippen molar-refractivity contribution in [2.75, 3.05) is 0 Å². The molecule has 0 spiro atoms. The molecule has 0 aliphatic heterocycles. The van der Waals surface area contributed by atoms with E-state index in [0.29, 0.717) is 0 Å². The molecule has 0 aliphatic carbocycles. The first kappa shape index (κ1) is 8.78. The van der Waals surface area contributed by atoms with Gasteiger partial charge in [-0.25, -0.2) is 4.98 Å². The predicted molar refractivity (Wildman–Crippen MR) is 52.7 cm³/mol. The number of imidazole rings is 1. The minimum absolute atomic E-state index is 0.947. The Hall–Kier alpha value is -1.31. The van der Waals surface area contributed by atoms with E-state index in [9.17, 15) is 0 Å². The van der Waals surface area contributed by atoms with Gasteiger partial charge in [-0.1, -0.05) is 12.2 Å². The summed E-state index contributed by atoms with van der Waals surface area (Å²) in [7, 11) is 0. The Morgan fingerprint density at radius 2 is 2.25 bits per heavy atom. The largest absolute Gasteiger partial charge is 0.305 e. The number of hydrogen-bond acceptors (Lipinski definition) is 1. The number of allylic oxidation sites excluding steroid dienone is 1. The molecule has 0 radical (unpaired) electrons. The highest BCUT2D eigenvalue weighted by atomic mass is 15.1. The molecule has 0 saturated carbocycles. The molecule has 2 heteroatoms. The van der Waals surface area contributed by atoms with Gasteiger partial charge in [-0.3, -0.25) is 0 Å². The van der Waals surface area contributed by atoms with Crippen LogP contribution >= 0.6 is 0 Å². The van der Waals surface area contributed by atoms with E-state index in [-0.39, 0.29) is 0 Å². The van der Waals surface area contributed by atoms with Crippen LogP contribution in [0.25, 0.3) is 12.3 Å². The van der Waals surface area contributed by atoms with Crippen molar-refractivity contribution in [3.05, 3.63) is 29.9 Å². The van der Waals surface area contributed by atoms with Crippen LogP contribution in [0.15, 0.2) is 18.3 Å². The van der Waals surface area contributed by atoms with E-state index < -0.39 is 0 Å². The summed E-state index contributed by atoms with van der Waals surface area (Å²) in [4.78, 5) is 4.24. The van der Waals surface area contributed by atoms with Crippen molar-refractivity contribution in [3.63, 3.8) is 0 Å². The molecule has 0 bridgehead atoms. The lowest BCUT2D eigenvalue weighted by Crippen LogP contribution is -1.91. The first-order chi connectivity index (χ1) is 5.65. The van der Waals surface area contributed by atoms with Gasteiger partial charge in [0.15, 0.2) is 0 Å². The molecular weight excluding hydrogens is 148 g/mol. The molecule has 1 heterocycles. The molecule has 0 N–H and O–H groups in total. The SMILES string of the molecule is C=Cn1c(C)cnc1C=C(C)C. The van der Waals surface area contributed by atoms with Gasteiger partial charge >= 0.3 is 0 Å². The van der Waals surface area contributed by atoms with Crippen molar-refractivity contribution in [2.45, 2.75) is 20.8 Å². The molecule has 2 nitrogen and oxygen atoms in total. The topological polar surface area (TPSA) is 17.8 Å². The van der Waals surface area contributed by atoms with Crippen LogP contribution < -0.4 is 0 Å². The van der Waals surface area contributed by atoms with Crippen molar-refractivity contribution in [2.24, 2.45) is 0 Å². The first-order valence-electron chi connectivity index (χ1n) is 3.96. The lowest BCUT2D eigenvalue weighted by atomic mass is 10.3. The van der Waals surface area contributed by atoms with Crippen LogP contribution in [-0.2, 0) is 0 Å². The fraction of sp³-hybridized carbons (Fsp3) is 0.300. The second kappa shape index (κ2) is 3.39. The quantitative estimate of drug-likeness (QED) is 0.653. The van der Waals surface area contributed by atoms with E-state index in [0.717, 1.165) is 11.5 Å². The highest BCUT2D eigenvalue weighted by Gasteiger charge is 1.99. The molecule has 1 rings (SSSR count). The average molecular weight is 162 g/mol. The average Bonchev–Trinajstić information content (AvgIpc) is 2.30. The predicted octanol–water partition coefficient (Wildman–Crippen LogP) is 2.72. The lowest BCUT2D eigenvalue weighted by molar-refractivity contribution is 1.05. The molecule has 0 saturated heterocycles. The van der Waals surface area contributed by atoms with Crippen molar-refractivity contribution < 1.29 is 0 Å². The van der Waals surface area contributed by atoms with E-state index in [1.54, 1.807) is 6.20 Å². The number of rotatable bonds is 2. The Kier molecular flexibility index (Phi) is 2.48. The number of hydrogen-bond donors (Lipinski definition) is 0. The maximum Gasteiger partial charge on any atom is 0.136 e. The molecule has 64 valence electrons. The molecule has 12 heavy (non-hydrogen) atoms. The standard InChI is InChI=1S/C10H14N2/c1-5-12-9(4)7-11-10(12)6-8(2)3/h5-7H,1H2,2-4H3. The molecule has 0 amide bonds. The smallest absolute Gasteiger partial charge is 0.136 e. The maximum atomic E-state index is 4.24. The second-order valence-electron chi connectivity index (χ2n) is 3.03. The van der Waals surface area contributed by atoms with Crippen LogP contribution in [0.2, 0.25) is 0 Å². The zero-order valence-electron chi connectivity index (χ0n) is 7.83. The van der Waals surface area contributed by atoms with Crippen LogP contribution in [-0.4, -0.2) is 9.55 Å². The fourth-order valence-electron chi connectivity index (χ4n) is 1.07. The van der Waals surface area contributed by atoms with E-state index in [1.165, 1.54) is 5.57 Å². The van der Waals surface area contributed by atoms with Gasteiger partial charge in [0.2, 0.25) is 0 Å². The van der Waals surface area contributed by atoms with Crippen molar-refractivity contribution in [1.29, 1.82) is 0 Å². The summed E-state index contributed by atoms with van der Waals surface area (Å²) in [6.07, 6.45) is 5.65. The molecule has 0 fully saturated rings. The summed E-state index contributed by atoms with van der Waals surface area (Å²) in [6, 6.07) is 0. The molecule has 0 atom stereocenters. The first-order valence-corrected chi connectivity index (χ1v) is 3.96. The van der Waals surface area contributed by atoms with Gasteiger partial charge in [-0.2, -0.15) is 0 Å². The Morgan fingerprint density at radius 3 is 2.75 bits per heavy atom. The van der Waals surface area contributed by atoms with E-state index in [4.69, 9.17) is 0 Å². The summed E-state index contributed by atoms with van der Waals surface area (Å²) in [5.74, 6) is 0.947. The molecule has 1 aromatic rings. The van der Waals surface area contributed by atoms with Gasteiger partial charge in [0.05, 0.1) is 0 Å². The Labute approximate surface area is 73.2 Å². The second-order valence-corrected chi connectivity index (χ2v) is 3.03. The van der Waals surface area contributed by atoms with Crippen LogP contribution in [0.5, 0.6) is 0 Å². The minimum Gasteiger partial charge on any atom is -0.305 e. The van der Waals surface area contributed by atoms with Crippen molar-refractivity contribution in [1.82, 2.24) is 9.55 Å². The Bertz CT molecular complexity index is 315. The zero-order valence-corrected chi connectivity index (χ0v) is 7.83. The number of nitrogens with zero attached hydrogens (tertiary/aromatic N) is 2. The molecule has 0 unspecified atom stereocenters. The number of aromatic nitrogens is 2. The summed E-state index contributed by atoms with van der Waals surface area (Å²) < 4.78 is 1.97. The van der Waals surface area contributed by atoms with Gasteiger partial charge in [-0.15, -0.1) is 0 Å². The van der Waals surface area contributed by atoms with Crippen molar-refractivity contribution >= 4 is 12.3 Å². The summed E-state index contributed by atoms with van der Waals surface area (Å²) >= 11 is 0. The Balaban J connectivity index is 3.16. The summed E-state index contributed by atoms with van der Waals surface area (Å²) in [6.45, 7) is 9.84. The zero-order chi connectivity index (χ0) is 9.14. The Morgan fingerprint density at radius 1 is 1.58 bits per heavy atom. The van der Waals surface area contributed by atoms with E-state index >= 15 is 0 Å². The van der Waals surface area contributed by atoms with Crippen LogP contribution in [0.3, 0.4) is 0 Å². The van der Waals surface area contributed by atoms with Crippen LogP contribution in [0, 0.1) is 6.92 Å². The lowest BCUT2D eigenvalue weighted by Gasteiger charge is -1.99. The van der Waals surface area contributed by atoms with Crippen LogP contribution in [0.4, 0.5) is 0 Å². The van der Waals surface area contributed by atoms with Gasteiger partial charge in [0, 0.05) is 18.1 Å². The minimum atomic E-state index is 0.947. The van der Waals surface area contributed by atoms with Gasteiger partial charge in [-0.05, 0) is 26.8 Å². The molecule has 0 aromatic carbocycles. The third kappa shape index (κ3) is 1.64. The van der Waals surface area contributed by atoms with Gasteiger partial charge < -0.3 is 4.57 Å². The van der Waals surface area contributed by atoms with Crippen molar-refractivity contribution in [3.8, 4) is 0 Å². The van der Waals surface area contributed by atoms with E-state index in [2.05, 4.69) is 25.4 Å². The molecular formula is C10H14N2. The maximum absolute atomic E-state index is 4.24. The molecule has 0 aliphatic rings. The van der Waals surface area contributed by atoms with Gasteiger partial charge in [0.1, 0.15) is 5.82 Å². The summed E-state index contributed by atoms with van der Waals surface area (Å²) in [5.41, 5.74) is 2.35.